The molecule has 1 amide bonds. The largest absolute Gasteiger partial charge is 0.381 e. The molecule has 0 fully saturated rings. The minimum atomic E-state index is -3.26. The van der Waals surface area contributed by atoms with Gasteiger partial charge in [0.2, 0.25) is 5.91 Å². The number of carbonyl (C=O) groups is 1. The number of sulfone groups is 1. The van der Waals surface area contributed by atoms with Crippen LogP contribution >= 0.6 is 0 Å². The molecule has 0 unspecified atom stereocenters. The molecule has 0 aliphatic heterocycles. The van der Waals surface area contributed by atoms with Gasteiger partial charge in [0.05, 0.1) is 4.90 Å². The van der Waals surface area contributed by atoms with E-state index in [1.165, 1.54) is 13.2 Å². The van der Waals surface area contributed by atoms with Gasteiger partial charge in [0.1, 0.15) is 0 Å². The van der Waals surface area contributed by atoms with E-state index in [1.54, 1.807) is 19.1 Å². The number of hydrogen-bond donors (Lipinski definition) is 2. The summed E-state index contributed by atoms with van der Waals surface area (Å²) in [5.41, 5.74) is 3.09. The van der Waals surface area contributed by atoms with Gasteiger partial charge in [-0.25, -0.2) is 8.42 Å². The molecule has 0 aliphatic rings. The van der Waals surface area contributed by atoms with Gasteiger partial charge in [-0.15, -0.1) is 0 Å². The maximum Gasteiger partial charge on any atom is 0.221 e. The Morgan fingerprint density at radius 3 is 2.48 bits per heavy atom. The molecule has 5 nitrogen and oxygen atoms in total. The van der Waals surface area contributed by atoms with Gasteiger partial charge in [-0.05, 0) is 36.2 Å². The fourth-order valence-corrected chi connectivity index (χ4v) is 3.29. The van der Waals surface area contributed by atoms with Crippen LogP contribution in [0.1, 0.15) is 18.1 Å². The van der Waals surface area contributed by atoms with E-state index in [1.807, 2.05) is 30.3 Å². The summed E-state index contributed by atoms with van der Waals surface area (Å²) in [7, 11) is -3.26. The Morgan fingerprint density at radius 2 is 1.83 bits per heavy atom. The van der Waals surface area contributed by atoms with Gasteiger partial charge in [-0.1, -0.05) is 24.3 Å². The number of amides is 1. The Kier molecular flexibility index (Phi) is 5.05. The van der Waals surface area contributed by atoms with E-state index in [0.29, 0.717) is 17.1 Å². The van der Waals surface area contributed by atoms with Gasteiger partial charge < -0.3 is 10.6 Å². The Morgan fingerprint density at radius 1 is 1.13 bits per heavy atom. The van der Waals surface area contributed by atoms with Crippen molar-refractivity contribution >= 4 is 27.1 Å². The minimum Gasteiger partial charge on any atom is -0.381 e. The average molecular weight is 332 g/mol. The number of carbonyl (C=O) groups excluding carboxylic acids is 1. The molecule has 0 aromatic heterocycles. The second-order valence-corrected chi connectivity index (χ2v) is 7.43. The van der Waals surface area contributed by atoms with E-state index in [4.69, 9.17) is 0 Å². The highest BCUT2D eigenvalue weighted by atomic mass is 32.2. The Hall–Kier alpha value is -2.34. The van der Waals surface area contributed by atoms with Crippen LogP contribution in [0.2, 0.25) is 0 Å². The quantitative estimate of drug-likeness (QED) is 0.883. The molecule has 0 radical (unpaired) electrons. The van der Waals surface area contributed by atoms with Crippen molar-refractivity contribution < 1.29 is 13.2 Å². The molecule has 0 atom stereocenters. The van der Waals surface area contributed by atoms with Gasteiger partial charge in [0.15, 0.2) is 9.84 Å². The van der Waals surface area contributed by atoms with Crippen molar-refractivity contribution in [2.45, 2.75) is 25.3 Å². The van der Waals surface area contributed by atoms with Crippen LogP contribution in [0, 0.1) is 6.92 Å². The zero-order valence-electron chi connectivity index (χ0n) is 13.4. The maximum atomic E-state index is 11.8. The topological polar surface area (TPSA) is 75.3 Å². The van der Waals surface area contributed by atoms with Gasteiger partial charge in [-0.2, -0.15) is 0 Å². The summed E-state index contributed by atoms with van der Waals surface area (Å²) in [5.74, 6) is -0.132. The van der Waals surface area contributed by atoms with E-state index < -0.39 is 9.84 Å². The number of hydrogen-bond acceptors (Lipinski definition) is 4. The SMILES string of the molecule is CC(=O)Nc1ccccc1CNc1ccc(C)c(S(C)(=O)=O)c1. The fourth-order valence-electron chi connectivity index (χ4n) is 2.29. The van der Waals surface area contributed by atoms with Crippen molar-refractivity contribution in [3.8, 4) is 0 Å². The van der Waals surface area contributed by atoms with E-state index in [-0.39, 0.29) is 5.91 Å². The molecule has 23 heavy (non-hydrogen) atoms. The van der Waals surface area contributed by atoms with Crippen LogP contribution in [-0.2, 0) is 21.2 Å². The second-order valence-electron chi connectivity index (χ2n) is 5.44. The van der Waals surface area contributed by atoms with Crippen molar-refractivity contribution in [1.29, 1.82) is 0 Å². The monoisotopic (exact) mass is 332 g/mol. The van der Waals surface area contributed by atoms with Crippen LogP contribution in [0.3, 0.4) is 0 Å². The molecule has 122 valence electrons. The lowest BCUT2D eigenvalue weighted by Crippen LogP contribution is -2.10. The molecule has 0 aliphatic carbocycles. The summed E-state index contributed by atoms with van der Waals surface area (Å²) in [6.07, 6.45) is 1.20. The lowest BCUT2D eigenvalue weighted by atomic mass is 10.1. The average Bonchev–Trinajstić information content (AvgIpc) is 2.46. The highest BCUT2D eigenvalue weighted by Gasteiger charge is 2.11. The number of nitrogens with one attached hydrogen (secondary N) is 2. The highest BCUT2D eigenvalue weighted by Crippen LogP contribution is 2.22. The zero-order valence-corrected chi connectivity index (χ0v) is 14.2. The first-order valence-electron chi connectivity index (χ1n) is 7.17. The van der Waals surface area contributed by atoms with Gasteiger partial charge >= 0.3 is 0 Å². The van der Waals surface area contributed by atoms with Gasteiger partial charge in [0.25, 0.3) is 0 Å². The molecule has 6 heteroatoms. The number of para-hydroxylation sites is 1. The number of rotatable bonds is 5. The second kappa shape index (κ2) is 6.83. The molecule has 2 aromatic rings. The number of anilines is 2. The molecule has 0 heterocycles. The fraction of sp³-hybridized carbons (Fsp3) is 0.235. The molecule has 2 N–H and O–H groups in total. The lowest BCUT2D eigenvalue weighted by molar-refractivity contribution is -0.114. The first-order valence-corrected chi connectivity index (χ1v) is 9.06. The summed E-state index contributed by atoms with van der Waals surface area (Å²) >= 11 is 0. The van der Waals surface area contributed by atoms with Crippen molar-refractivity contribution in [3.05, 3.63) is 53.6 Å². The smallest absolute Gasteiger partial charge is 0.221 e. The van der Waals surface area contributed by atoms with Crippen LogP contribution in [0.25, 0.3) is 0 Å². The van der Waals surface area contributed by atoms with E-state index >= 15 is 0 Å². The summed E-state index contributed by atoms with van der Waals surface area (Å²) in [6.45, 7) is 3.71. The van der Waals surface area contributed by atoms with E-state index in [2.05, 4.69) is 10.6 Å². The minimum absolute atomic E-state index is 0.132. The first kappa shape index (κ1) is 17.0. The molecule has 0 spiro atoms. The summed E-state index contributed by atoms with van der Waals surface area (Å²) in [5, 5.41) is 5.98. The van der Waals surface area contributed by atoms with Crippen molar-refractivity contribution in [2.75, 3.05) is 16.9 Å². The molecular weight excluding hydrogens is 312 g/mol. The molecule has 2 rings (SSSR count). The Labute approximate surface area is 136 Å². The molecule has 0 saturated carbocycles. The molecule has 0 bridgehead atoms. The van der Waals surface area contributed by atoms with Gasteiger partial charge in [0, 0.05) is 31.1 Å². The standard InChI is InChI=1S/C17H20N2O3S/c1-12-8-9-15(10-17(12)23(3,21)22)18-11-14-6-4-5-7-16(14)19-13(2)20/h4-10,18H,11H2,1-3H3,(H,19,20). The predicted molar refractivity (Wildman–Crippen MR) is 92.4 cm³/mol. The first-order chi connectivity index (χ1) is 10.8. The molecule has 2 aromatic carbocycles. The molecule has 0 saturated heterocycles. The Balaban J connectivity index is 2.21. The van der Waals surface area contributed by atoms with Gasteiger partial charge in [-0.3, -0.25) is 4.79 Å². The zero-order chi connectivity index (χ0) is 17.0. The van der Waals surface area contributed by atoms with E-state index in [9.17, 15) is 13.2 Å². The van der Waals surface area contributed by atoms with Crippen LogP contribution in [0.15, 0.2) is 47.4 Å². The van der Waals surface area contributed by atoms with Crippen molar-refractivity contribution in [1.82, 2.24) is 0 Å². The Bertz CT molecular complexity index is 829. The van der Waals surface area contributed by atoms with E-state index in [0.717, 1.165) is 16.8 Å². The third-order valence-corrected chi connectivity index (χ3v) is 4.64. The summed E-state index contributed by atoms with van der Waals surface area (Å²) in [6, 6.07) is 12.7. The van der Waals surface area contributed by atoms with Crippen molar-refractivity contribution in [3.63, 3.8) is 0 Å². The summed E-state index contributed by atoms with van der Waals surface area (Å²) in [4.78, 5) is 11.6. The third kappa shape index (κ3) is 4.56. The van der Waals surface area contributed by atoms with Crippen molar-refractivity contribution in [2.24, 2.45) is 0 Å². The highest BCUT2D eigenvalue weighted by molar-refractivity contribution is 7.90. The lowest BCUT2D eigenvalue weighted by Gasteiger charge is -2.13. The molecular formula is C17H20N2O3S. The summed E-state index contributed by atoms with van der Waals surface area (Å²) < 4.78 is 23.6. The predicted octanol–water partition coefficient (Wildman–Crippen LogP) is 2.97. The van der Waals surface area contributed by atoms with Crippen LogP contribution in [-0.4, -0.2) is 20.6 Å². The third-order valence-electron chi connectivity index (χ3n) is 3.40. The van der Waals surface area contributed by atoms with Crippen LogP contribution in [0.4, 0.5) is 11.4 Å². The normalized spacial score (nSPS) is 11.1. The maximum absolute atomic E-state index is 11.8. The number of aryl methyl sites for hydroxylation is 1. The number of benzene rings is 2. The van der Waals surface area contributed by atoms with Crippen LogP contribution < -0.4 is 10.6 Å². The van der Waals surface area contributed by atoms with Crippen LogP contribution in [0.5, 0.6) is 0 Å².